The van der Waals surface area contributed by atoms with Gasteiger partial charge in [-0.25, -0.2) is 0 Å². The van der Waals surface area contributed by atoms with E-state index in [2.05, 4.69) is 49.8 Å². The van der Waals surface area contributed by atoms with Crippen LogP contribution < -0.4 is 5.32 Å². The van der Waals surface area contributed by atoms with Crippen LogP contribution in [0.4, 0.5) is 5.82 Å². The van der Waals surface area contributed by atoms with Crippen molar-refractivity contribution in [2.75, 3.05) is 31.5 Å². The summed E-state index contributed by atoms with van der Waals surface area (Å²) < 4.78 is 7.05. The predicted molar refractivity (Wildman–Crippen MR) is 123 cm³/mol. The van der Waals surface area contributed by atoms with E-state index >= 15 is 0 Å². The molecule has 0 aliphatic carbocycles. The number of nitrogens with one attached hydrogen (secondary N) is 1. The zero-order chi connectivity index (χ0) is 22.5. The number of benzene rings is 1. The summed E-state index contributed by atoms with van der Waals surface area (Å²) in [6, 6.07) is 17.9. The number of amides is 1. The first-order valence-electron chi connectivity index (χ1n) is 11.3. The van der Waals surface area contributed by atoms with Crippen LogP contribution in [0.1, 0.15) is 23.6 Å². The number of carbonyl (C=O) groups is 1. The fourth-order valence-electron chi connectivity index (χ4n) is 4.05. The van der Waals surface area contributed by atoms with Gasteiger partial charge in [-0.2, -0.15) is 4.52 Å². The average molecular weight is 446 g/mol. The molecule has 1 aliphatic rings. The van der Waals surface area contributed by atoms with Gasteiger partial charge in [0.1, 0.15) is 11.6 Å². The molecule has 1 amide bonds. The number of hydrogen-bond donors (Lipinski definition) is 1. The Bertz CT molecular complexity index is 1180. The van der Waals surface area contributed by atoms with Gasteiger partial charge in [-0.05, 0) is 29.8 Å². The average Bonchev–Trinajstić information content (AvgIpc) is 3.52. The molecule has 4 aromatic rings. The highest BCUT2D eigenvalue weighted by molar-refractivity contribution is 5.76. The molecule has 0 bridgehead atoms. The van der Waals surface area contributed by atoms with Gasteiger partial charge in [0.15, 0.2) is 11.5 Å². The minimum absolute atomic E-state index is 0.151. The summed E-state index contributed by atoms with van der Waals surface area (Å²) in [6.07, 6.45) is 2.54. The SMILES string of the molecule is O=C(CCc1nnc2ccc(NCc3ccco3)nn12)N1CCN(Cc2ccccc2)CC1. The Labute approximate surface area is 192 Å². The second-order valence-corrected chi connectivity index (χ2v) is 8.18. The van der Waals surface area contributed by atoms with Crippen molar-refractivity contribution in [3.8, 4) is 0 Å². The molecule has 1 saturated heterocycles. The van der Waals surface area contributed by atoms with Crippen molar-refractivity contribution < 1.29 is 9.21 Å². The second-order valence-electron chi connectivity index (χ2n) is 8.18. The maximum absolute atomic E-state index is 12.8. The predicted octanol–water partition coefficient (Wildman–Crippen LogP) is 2.61. The number of aromatic nitrogens is 4. The normalized spacial score (nSPS) is 14.6. The van der Waals surface area contributed by atoms with Gasteiger partial charge >= 0.3 is 0 Å². The zero-order valence-corrected chi connectivity index (χ0v) is 18.4. The molecule has 5 rings (SSSR count). The minimum atomic E-state index is 0.151. The van der Waals surface area contributed by atoms with Crippen LogP contribution in [0.3, 0.4) is 0 Å². The molecule has 0 spiro atoms. The fourth-order valence-corrected chi connectivity index (χ4v) is 4.05. The number of nitrogens with zero attached hydrogens (tertiary/aromatic N) is 6. The van der Waals surface area contributed by atoms with Crippen LogP contribution in [0.5, 0.6) is 0 Å². The Kier molecular flexibility index (Phi) is 6.30. The van der Waals surface area contributed by atoms with Gasteiger partial charge in [0, 0.05) is 45.6 Å². The monoisotopic (exact) mass is 445 g/mol. The van der Waals surface area contributed by atoms with Gasteiger partial charge < -0.3 is 14.6 Å². The van der Waals surface area contributed by atoms with Crippen LogP contribution in [-0.2, 0) is 24.3 Å². The molecule has 170 valence electrons. The van der Waals surface area contributed by atoms with E-state index in [0.29, 0.717) is 36.7 Å². The molecule has 0 unspecified atom stereocenters. The number of aryl methyl sites for hydroxylation is 1. The molecule has 9 heteroatoms. The molecule has 1 N–H and O–H groups in total. The number of carbonyl (C=O) groups excluding carboxylic acids is 1. The smallest absolute Gasteiger partial charge is 0.223 e. The third-order valence-electron chi connectivity index (χ3n) is 5.89. The van der Waals surface area contributed by atoms with Gasteiger partial charge in [0.2, 0.25) is 5.91 Å². The van der Waals surface area contributed by atoms with Gasteiger partial charge in [-0.15, -0.1) is 15.3 Å². The number of hydrogen-bond acceptors (Lipinski definition) is 7. The van der Waals surface area contributed by atoms with Crippen LogP contribution >= 0.6 is 0 Å². The molecule has 0 atom stereocenters. The highest BCUT2D eigenvalue weighted by Gasteiger charge is 2.21. The van der Waals surface area contributed by atoms with E-state index in [1.54, 1.807) is 10.8 Å². The molecule has 33 heavy (non-hydrogen) atoms. The maximum atomic E-state index is 12.8. The zero-order valence-electron chi connectivity index (χ0n) is 18.4. The van der Waals surface area contributed by atoms with Crippen molar-refractivity contribution in [2.24, 2.45) is 0 Å². The summed E-state index contributed by atoms with van der Waals surface area (Å²) in [5, 5.41) is 16.2. The van der Waals surface area contributed by atoms with Gasteiger partial charge in [0.05, 0.1) is 12.8 Å². The van der Waals surface area contributed by atoms with E-state index < -0.39 is 0 Å². The molecule has 1 aromatic carbocycles. The first-order chi connectivity index (χ1) is 16.2. The topological polar surface area (TPSA) is 91.8 Å². The standard InChI is InChI=1S/C24H27N7O2/c32-24(30-14-12-29(13-15-30)18-19-5-2-1-3-6-19)11-10-23-27-26-22-9-8-21(28-31(22)23)25-17-20-7-4-16-33-20/h1-9,16H,10-15,17-18H2,(H,25,28). The summed E-state index contributed by atoms with van der Waals surface area (Å²) in [5.74, 6) is 2.36. The molecule has 1 fully saturated rings. The lowest BCUT2D eigenvalue weighted by atomic mass is 10.2. The van der Waals surface area contributed by atoms with Crippen LogP contribution in [0.25, 0.3) is 5.65 Å². The number of piperazine rings is 1. The molecular weight excluding hydrogens is 418 g/mol. The minimum Gasteiger partial charge on any atom is -0.467 e. The number of rotatable bonds is 8. The van der Waals surface area contributed by atoms with Gasteiger partial charge in [-0.3, -0.25) is 9.69 Å². The van der Waals surface area contributed by atoms with Crippen LogP contribution in [0.15, 0.2) is 65.3 Å². The van der Waals surface area contributed by atoms with Crippen molar-refractivity contribution in [1.29, 1.82) is 0 Å². The quantitative estimate of drug-likeness (QED) is 0.446. The van der Waals surface area contributed by atoms with Crippen molar-refractivity contribution in [3.63, 3.8) is 0 Å². The van der Waals surface area contributed by atoms with Crippen molar-refractivity contribution in [1.82, 2.24) is 29.6 Å². The first-order valence-corrected chi connectivity index (χ1v) is 11.3. The van der Waals surface area contributed by atoms with Crippen molar-refractivity contribution in [2.45, 2.75) is 25.9 Å². The van der Waals surface area contributed by atoms with E-state index in [1.165, 1.54) is 5.56 Å². The van der Waals surface area contributed by atoms with E-state index in [1.807, 2.05) is 35.2 Å². The van der Waals surface area contributed by atoms with Crippen LogP contribution in [0.2, 0.25) is 0 Å². The first kappa shape index (κ1) is 21.1. The lowest BCUT2D eigenvalue weighted by Crippen LogP contribution is -2.48. The van der Waals surface area contributed by atoms with Crippen molar-refractivity contribution >= 4 is 17.4 Å². The van der Waals surface area contributed by atoms with Gasteiger partial charge in [-0.1, -0.05) is 30.3 Å². The third kappa shape index (κ3) is 5.20. The number of anilines is 1. The van der Waals surface area contributed by atoms with E-state index in [0.717, 1.165) is 38.5 Å². The van der Waals surface area contributed by atoms with Gasteiger partial charge in [0.25, 0.3) is 0 Å². The molecule has 0 saturated carbocycles. The third-order valence-corrected chi connectivity index (χ3v) is 5.89. The number of fused-ring (bicyclic) bond motifs is 1. The van der Waals surface area contributed by atoms with Crippen molar-refractivity contribution in [3.05, 3.63) is 78.0 Å². The largest absolute Gasteiger partial charge is 0.467 e. The van der Waals surface area contributed by atoms with E-state index in [4.69, 9.17) is 4.42 Å². The molecule has 9 nitrogen and oxygen atoms in total. The Morgan fingerprint density at radius 1 is 0.970 bits per heavy atom. The Hall–Kier alpha value is -3.72. The Morgan fingerprint density at radius 2 is 1.82 bits per heavy atom. The summed E-state index contributed by atoms with van der Waals surface area (Å²) in [4.78, 5) is 17.1. The maximum Gasteiger partial charge on any atom is 0.223 e. The van der Waals surface area contributed by atoms with E-state index in [-0.39, 0.29) is 5.91 Å². The summed E-state index contributed by atoms with van der Waals surface area (Å²) >= 11 is 0. The molecule has 4 heterocycles. The second kappa shape index (κ2) is 9.83. The molecule has 3 aromatic heterocycles. The Balaban J connectivity index is 1.13. The summed E-state index contributed by atoms with van der Waals surface area (Å²) in [7, 11) is 0. The van der Waals surface area contributed by atoms with Crippen LogP contribution in [0, 0.1) is 0 Å². The summed E-state index contributed by atoms with van der Waals surface area (Å²) in [6.45, 7) is 4.76. The lowest BCUT2D eigenvalue weighted by molar-refractivity contribution is -0.133. The number of furan rings is 1. The highest BCUT2D eigenvalue weighted by atomic mass is 16.3. The Morgan fingerprint density at radius 3 is 2.61 bits per heavy atom. The lowest BCUT2D eigenvalue weighted by Gasteiger charge is -2.34. The van der Waals surface area contributed by atoms with Crippen LogP contribution in [-0.4, -0.2) is 61.7 Å². The molecular formula is C24H27N7O2. The molecule has 0 radical (unpaired) electrons. The highest BCUT2D eigenvalue weighted by Crippen LogP contribution is 2.13. The fraction of sp³-hybridized carbons (Fsp3) is 0.333. The molecule has 1 aliphatic heterocycles. The van der Waals surface area contributed by atoms with E-state index in [9.17, 15) is 4.79 Å². The summed E-state index contributed by atoms with van der Waals surface area (Å²) in [5.41, 5.74) is 1.97.